The van der Waals surface area contributed by atoms with E-state index in [2.05, 4.69) is 4.72 Å². The molecule has 0 saturated heterocycles. The summed E-state index contributed by atoms with van der Waals surface area (Å²) in [7, 11) is -4.05. The van der Waals surface area contributed by atoms with Crippen LogP contribution in [0.25, 0.3) is 0 Å². The molecule has 1 N–H and O–H groups in total. The van der Waals surface area contributed by atoms with Gasteiger partial charge in [-0.25, -0.2) is 21.9 Å². The zero-order valence-corrected chi connectivity index (χ0v) is 12.4. The number of hydrogen-bond acceptors (Lipinski definition) is 2. The van der Waals surface area contributed by atoms with Crippen molar-refractivity contribution in [3.8, 4) is 0 Å². The molecule has 2 aromatic rings. The van der Waals surface area contributed by atoms with Gasteiger partial charge in [0.15, 0.2) is 0 Å². The van der Waals surface area contributed by atoms with Crippen molar-refractivity contribution in [1.29, 1.82) is 0 Å². The molecule has 21 heavy (non-hydrogen) atoms. The van der Waals surface area contributed by atoms with Gasteiger partial charge >= 0.3 is 0 Å². The minimum absolute atomic E-state index is 0.0100. The van der Waals surface area contributed by atoms with Crippen molar-refractivity contribution in [1.82, 2.24) is 4.72 Å². The summed E-state index contributed by atoms with van der Waals surface area (Å²) in [6.45, 7) is -0.0100. The Bertz CT molecular complexity index is 750. The smallest absolute Gasteiger partial charge is 0.207 e. The first-order valence-electron chi connectivity index (χ1n) is 6.01. The van der Waals surface area contributed by atoms with Gasteiger partial charge in [-0.3, -0.25) is 0 Å². The minimum Gasteiger partial charge on any atom is -0.207 e. The van der Waals surface area contributed by atoms with E-state index in [-0.39, 0.29) is 6.54 Å². The molecule has 0 aromatic heterocycles. The van der Waals surface area contributed by atoms with E-state index in [9.17, 15) is 17.2 Å². The Morgan fingerprint density at radius 1 is 1.05 bits per heavy atom. The molecule has 2 rings (SSSR count). The molecule has 0 spiro atoms. The largest absolute Gasteiger partial charge is 0.243 e. The highest BCUT2D eigenvalue weighted by Crippen LogP contribution is 2.16. The maximum absolute atomic E-state index is 13.5. The zero-order valence-electron chi connectivity index (χ0n) is 10.8. The van der Waals surface area contributed by atoms with E-state index in [1.807, 2.05) is 6.07 Å². The summed E-state index contributed by atoms with van der Waals surface area (Å²) in [6, 6.07) is 9.34. The molecule has 0 unspecified atom stereocenters. The molecular weight excluding hydrogens is 320 g/mol. The molecule has 0 aliphatic rings. The normalized spacial score (nSPS) is 11.6. The van der Waals surface area contributed by atoms with Crippen LogP contribution < -0.4 is 4.72 Å². The quantitative estimate of drug-likeness (QED) is 0.855. The summed E-state index contributed by atoms with van der Waals surface area (Å²) in [4.78, 5) is -0.586. The first-order chi connectivity index (χ1) is 9.92. The molecule has 0 saturated carbocycles. The molecule has 0 aliphatic heterocycles. The average Bonchev–Trinajstić information content (AvgIpc) is 2.45. The van der Waals surface area contributed by atoms with Crippen molar-refractivity contribution in [3.63, 3.8) is 0 Å². The lowest BCUT2D eigenvalue weighted by atomic mass is 10.1. The fourth-order valence-corrected chi connectivity index (χ4v) is 3.01. The first-order valence-corrected chi connectivity index (χ1v) is 8.02. The van der Waals surface area contributed by atoms with Gasteiger partial charge in [-0.1, -0.05) is 24.3 Å². The van der Waals surface area contributed by atoms with Gasteiger partial charge in [-0.2, -0.15) is 0 Å². The van der Waals surface area contributed by atoms with E-state index in [4.69, 9.17) is 11.6 Å². The van der Waals surface area contributed by atoms with Crippen LogP contribution in [-0.4, -0.2) is 8.42 Å². The lowest BCUT2D eigenvalue weighted by Gasteiger charge is -2.08. The molecule has 0 atom stereocenters. The highest BCUT2D eigenvalue weighted by molar-refractivity contribution is 7.89. The molecule has 0 fully saturated rings. The Kier molecular flexibility index (Phi) is 4.92. The maximum Gasteiger partial charge on any atom is 0.243 e. The number of hydrogen-bond donors (Lipinski definition) is 1. The van der Waals surface area contributed by atoms with Crippen LogP contribution in [-0.2, 0) is 22.4 Å². The van der Waals surface area contributed by atoms with E-state index < -0.39 is 26.6 Å². The number of rotatable bonds is 5. The summed E-state index contributed by atoms with van der Waals surface area (Å²) in [6.07, 6.45) is 0. The molecule has 3 nitrogen and oxygen atoms in total. The number of benzene rings is 2. The Hall–Kier alpha value is -1.50. The lowest BCUT2D eigenvalue weighted by molar-refractivity contribution is 0.543. The van der Waals surface area contributed by atoms with Crippen LogP contribution in [0.4, 0.5) is 8.78 Å². The van der Waals surface area contributed by atoms with Crippen molar-refractivity contribution >= 4 is 21.6 Å². The fourth-order valence-electron chi connectivity index (χ4n) is 1.77. The SMILES string of the molecule is O=S(=O)(NCc1cccc(CCl)c1)c1ccc(F)cc1F. The van der Waals surface area contributed by atoms with Crippen LogP contribution in [0.1, 0.15) is 11.1 Å². The standard InChI is InChI=1S/C14H12ClF2NO2S/c15-8-10-2-1-3-11(6-10)9-18-21(19,20)14-5-4-12(16)7-13(14)17/h1-7,18H,8-9H2. The number of alkyl halides is 1. The van der Waals surface area contributed by atoms with Gasteiger partial charge in [-0.05, 0) is 23.3 Å². The van der Waals surface area contributed by atoms with Gasteiger partial charge in [0.2, 0.25) is 10.0 Å². The zero-order chi connectivity index (χ0) is 15.5. The molecule has 0 radical (unpaired) electrons. The first kappa shape index (κ1) is 15.9. The highest BCUT2D eigenvalue weighted by atomic mass is 35.5. The van der Waals surface area contributed by atoms with E-state index in [0.29, 0.717) is 17.5 Å². The third-order valence-electron chi connectivity index (χ3n) is 2.80. The Balaban J connectivity index is 2.17. The summed E-state index contributed by atoms with van der Waals surface area (Å²) in [5.74, 6) is -1.65. The number of nitrogens with one attached hydrogen (secondary N) is 1. The Labute approximate surface area is 126 Å². The molecule has 0 amide bonds. The number of halogens is 3. The second-order valence-electron chi connectivity index (χ2n) is 4.35. The molecule has 2 aromatic carbocycles. The second kappa shape index (κ2) is 6.51. The van der Waals surface area contributed by atoms with Crippen LogP contribution in [0.15, 0.2) is 47.4 Å². The van der Waals surface area contributed by atoms with Gasteiger partial charge in [0.1, 0.15) is 16.5 Å². The van der Waals surface area contributed by atoms with E-state index in [1.165, 1.54) is 0 Å². The summed E-state index contributed by atoms with van der Waals surface area (Å²) >= 11 is 5.70. The number of sulfonamides is 1. The Morgan fingerprint density at radius 3 is 2.43 bits per heavy atom. The second-order valence-corrected chi connectivity index (χ2v) is 6.36. The maximum atomic E-state index is 13.5. The van der Waals surface area contributed by atoms with Crippen molar-refractivity contribution in [2.45, 2.75) is 17.3 Å². The predicted molar refractivity (Wildman–Crippen MR) is 76.4 cm³/mol. The van der Waals surface area contributed by atoms with E-state index >= 15 is 0 Å². The molecule has 0 aliphatic carbocycles. The average molecular weight is 332 g/mol. The molecule has 7 heteroatoms. The topological polar surface area (TPSA) is 46.2 Å². The van der Waals surface area contributed by atoms with Crippen molar-refractivity contribution in [3.05, 3.63) is 65.2 Å². The van der Waals surface area contributed by atoms with Crippen LogP contribution >= 0.6 is 11.6 Å². The van der Waals surface area contributed by atoms with Crippen LogP contribution in [0.3, 0.4) is 0 Å². The predicted octanol–water partition coefficient (Wildman–Crippen LogP) is 3.18. The van der Waals surface area contributed by atoms with Crippen LogP contribution in [0.5, 0.6) is 0 Å². The fraction of sp³-hybridized carbons (Fsp3) is 0.143. The van der Waals surface area contributed by atoms with Crippen molar-refractivity contribution in [2.24, 2.45) is 0 Å². The molecule has 112 valence electrons. The van der Waals surface area contributed by atoms with Crippen LogP contribution in [0.2, 0.25) is 0 Å². The van der Waals surface area contributed by atoms with E-state index in [0.717, 1.165) is 17.7 Å². The third-order valence-corrected chi connectivity index (χ3v) is 4.54. The van der Waals surface area contributed by atoms with Gasteiger partial charge in [0.25, 0.3) is 0 Å². The van der Waals surface area contributed by atoms with E-state index in [1.54, 1.807) is 18.2 Å². The van der Waals surface area contributed by atoms with Crippen molar-refractivity contribution < 1.29 is 17.2 Å². The highest BCUT2D eigenvalue weighted by Gasteiger charge is 2.19. The van der Waals surface area contributed by atoms with Gasteiger partial charge < -0.3 is 0 Å². The monoisotopic (exact) mass is 331 g/mol. The molecular formula is C14H12ClF2NO2S. The van der Waals surface area contributed by atoms with Gasteiger partial charge in [0, 0.05) is 18.5 Å². The summed E-state index contributed by atoms with van der Waals surface area (Å²) in [5, 5.41) is 0. The third kappa shape index (κ3) is 4.00. The molecule has 0 bridgehead atoms. The van der Waals surface area contributed by atoms with Crippen molar-refractivity contribution in [2.75, 3.05) is 0 Å². The summed E-state index contributed by atoms with van der Waals surface area (Å²) in [5.41, 5.74) is 1.54. The Morgan fingerprint density at radius 2 is 1.76 bits per heavy atom. The lowest BCUT2D eigenvalue weighted by Crippen LogP contribution is -2.24. The van der Waals surface area contributed by atoms with Gasteiger partial charge in [0.05, 0.1) is 0 Å². The van der Waals surface area contributed by atoms with Gasteiger partial charge in [-0.15, -0.1) is 11.6 Å². The summed E-state index contributed by atoms with van der Waals surface area (Å²) < 4.78 is 52.6. The molecule has 0 heterocycles. The van der Waals surface area contributed by atoms with Crippen LogP contribution in [0, 0.1) is 11.6 Å². The minimum atomic E-state index is -4.05.